The average molecular weight is 330 g/mol. The Balaban J connectivity index is 2.18. The number of benzene rings is 1. The number of hydrogen-bond acceptors (Lipinski definition) is 2. The highest BCUT2D eigenvalue weighted by Crippen LogP contribution is 2.37. The van der Waals surface area contributed by atoms with Crippen molar-refractivity contribution in [2.45, 2.75) is 58.6 Å². The van der Waals surface area contributed by atoms with Gasteiger partial charge in [-0.3, -0.25) is 0 Å². The Bertz CT molecular complexity index is 490. The van der Waals surface area contributed by atoms with Gasteiger partial charge in [0.1, 0.15) is 5.75 Å². The molecule has 2 N–H and O–H groups in total. The summed E-state index contributed by atoms with van der Waals surface area (Å²) in [5, 5.41) is 1.22. The third-order valence-corrected chi connectivity index (χ3v) is 4.96. The molecular weight excluding hydrogens is 305 g/mol. The van der Waals surface area contributed by atoms with Crippen LogP contribution in [0.15, 0.2) is 12.1 Å². The zero-order chi connectivity index (χ0) is 15.6. The van der Waals surface area contributed by atoms with Crippen molar-refractivity contribution < 1.29 is 4.74 Å². The summed E-state index contributed by atoms with van der Waals surface area (Å²) in [6.07, 6.45) is 4.33. The summed E-state index contributed by atoms with van der Waals surface area (Å²) in [5.74, 6) is 2.23. The quantitative estimate of drug-likeness (QED) is 0.835. The molecule has 1 fully saturated rings. The first-order valence-corrected chi connectivity index (χ1v) is 8.52. The van der Waals surface area contributed by atoms with Gasteiger partial charge in [0.25, 0.3) is 0 Å². The molecule has 0 bridgehead atoms. The van der Waals surface area contributed by atoms with Gasteiger partial charge in [-0.25, -0.2) is 0 Å². The van der Waals surface area contributed by atoms with Crippen LogP contribution in [0.2, 0.25) is 10.0 Å². The minimum Gasteiger partial charge on any atom is -0.489 e. The van der Waals surface area contributed by atoms with Crippen LogP contribution in [0.3, 0.4) is 0 Å². The van der Waals surface area contributed by atoms with Gasteiger partial charge in [-0.1, -0.05) is 37.0 Å². The maximum absolute atomic E-state index is 6.35. The van der Waals surface area contributed by atoms with Crippen LogP contribution in [0.5, 0.6) is 5.75 Å². The number of ether oxygens (including phenoxy) is 1. The van der Waals surface area contributed by atoms with Crippen molar-refractivity contribution in [2.24, 2.45) is 17.6 Å². The van der Waals surface area contributed by atoms with Crippen LogP contribution < -0.4 is 10.5 Å². The van der Waals surface area contributed by atoms with Crippen LogP contribution in [-0.2, 0) is 6.42 Å². The van der Waals surface area contributed by atoms with Crippen molar-refractivity contribution in [1.29, 1.82) is 0 Å². The van der Waals surface area contributed by atoms with Gasteiger partial charge >= 0.3 is 0 Å². The van der Waals surface area contributed by atoms with Crippen LogP contribution >= 0.6 is 23.2 Å². The van der Waals surface area contributed by atoms with E-state index < -0.39 is 0 Å². The number of hydrogen-bond donors (Lipinski definition) is 1. The van der Waals surface area contributed by atoms with Crippen LogP contribution in [0.25, 0.3) is 0 Å². The van der Waals surface area contributed by atoms with Gasteiger partial charge in [-0.15, -0.1) is 0 Å². The van der Waals surface area contributed by atoms with E-state index in [1.807, 2.05) is 13.0 Å². The van der Waals surface area contributed by atoms with E-state index in [9.17, 15) is 0 Å². The summed E-state index contributed by atoms with van der Waals surface area (Å²) < 4.78 is 6.25. The van der Waals surface area contributed by atoms with E-state index in [1.54, 1.807) is 6.07 Å². The van der Waals surface area contributed by atoms with Crippen molar-refractivity contribution in [3.8, 4) is 5.75 Å². The summed E-state index contributed by atoms with van der Waals surface area (Å²) in [5.41, 5.74) is 6.93. The maximum Gasteiger partial charge on any atom is 0.141 e. The maximum atomic E-state index is 6.35. The van der Waals surface area contributed by atoms with Crippen molar-refractivity contribution >= 4 is 23.2 Å². The highest BCUT2D eigenvalue weighted by Gasteiger charge is 2.27. The zero-order valence-corrected chi connectivity index (χ0v) is 14.5. The minimum absolute atomic E-state index is 0.0483. The Hall–Kier alpha value is -0.440. The molecule has 1 aliphatic rings. The zero-order valence-electron chi connectivity index (χ0n) is 13.0. The highest BCUT2D eigenvalue weighted by atomic mass is 35.5. The highest BCUT2D eigenvalue weighted by molar-refractivity contribution is 6.35. The Labute approximate surface area is 137 Å². The van der Waals surface area contributed by atoms with Crippen LogP contribution in [0.4, 0.5) is 0 Å². The molecule has 0 heterocycles. The molecule has 21 heavy (non-hydrogen) atoms. The van der Waals surface area contributed by atoms with Crippen molar-refractivity contribution in [3.63, 3.8) is 0 Å². The summed E-state index contributed by atoms with van der Waals surface area (Å²) >= 11 is 12.5. The third kappa shape index (κ3) is 4.51. The lowest BCUT2D eigenvalue weighted by Gasteiger charge is -2.33. The summed E-state index contributed by atoms with van der Waals surface area (Å²) in [6, 6.07) is 3.71. The van der Waals surface area contributed by atoms with Gasteiger partial charge < -0.3 is 10.5 Å². The Morgan fingerprint density at radius 1 is 1.24 bits per heavy atom. The summed E-state index contributed by atoms with van der Waals surface area (Å²) in [7, 11) is 0. The van der Waals surface area contributed by atoms with E-state index in [0.717, 1.165) is 30.1 Å². The second kappa shape index (κ2) is 7.21. The van der Waals surface area contributed by atoms with E-state index in [1.165, 1.54) is 6.42 Å². The smallest absolute Gasteiger partial charge is 0.141 e. The molecule has 1 aromatic carbocycles. The molecule has 0 saturated heterocycles. The van der Waals surface area contributed by atoms with Crippen LogP contribution in [0.1, 0.15) is 45.6 Å². The average Bonchev–Trinajstić information content (AvgIpc) is 2.37. The first-order valence-electron chi connectivity index (χ1n) is 7.77. The van der Waals surface area contributed by atoms with E-state index >= 15 is 0 Å². The summed E-state index contributed by atoms with van der Waals surface area (Å²) in [6.45, 7) is 6.59. The molecular formula is C17H25Cl2NO. The first-order chi connectivity index (χ1) is 9.86. The molecule has 0 radical (unpaired) electrons. The molecule has 0 spiro atoms. The molecule has 0 aromatic heterocycles. The largest absolute Gasteiger partial charge is 0.489 e. The minimum atomic E-state index is 0.0483. The monoisotopic (exact) mass is 329 g/mol. The molecule has 2 rings (SSSR count). The number of halogens is 2. The summed E-state index contributed by atoms with van der Waals surface area (Å²) in [4.78, 5) is 0. The fraction of sp³-hybridized carbons (Fsp3) is 0.647. The Kier molecular flexibility index (Phi) is 5.81. The lowest BCUT2D eigenvalue weighted by Crippen LogP contribution is -2.29. The molecule has 1 aromatic rings. The van der Waals surface area contributed by atoms with Crippen molar-refractivity contribution in [1.82, 2.24) is 0 Å². The third-order valence-electron chi connectivity index (χ3n) is 4.46. The SMILES string of the molecule is CC(N)Cc1cc(Cl)cc(Cl)c1OC1CCC(C)C(C)C1. The predicted molar refractivity (Wildman–Crippen MR) is 90.4 cm³/mol. The standard InChI is InChI=1S/C17H25Cl2NO/c1-10-4-5-15(6-11(10)2)21-17-13(7-12(3)20)8-14(18)9-16(17)19/h8-12,15H,4-7,20H2,1-3H3. The van der Waals surface area contributed by atoms with Gasteiger partial charge in [0.2, 0.25) is 0 Å². The number of rotatable bonds is 4. The van der Waals surface area contributed by atoms with E-state index in [4.69, 9.17) is 33.7 Å². The fourth-order valence-electron chi connectivity index (χ4n) is 3.02. The van der Waals surface area contributed by atoms with Crippen molar-refractivity contribution in [3.05, 3.63) is 27.7 Å². The topological polar surface area (TPSA) is 35.2 Å². The van der Waals surface area contributed by atoms with Crippen LogP contribution in [-0.4, -0.2) is 12.1 Å². The molecule has 4 atom stereocenters. The molecule has 0 amide bonds. The Morgan fingerprint density at radius 3 is 2.57 bits per heavy atom. The first kappa shape index (κ1) is 16.9. The van der Waals surface area contributed by atoms with E-state index in [-0.39, 0.29) is 12.1 Å². The molecule has 118 valence electrons. The second-order valence-corrected chi connectivity index (χ2v) is 7.41. The van der Waals surface area contributed by atoms with Crippen molar-refractivity contribution in [2.75, 3.05) is 0 Å². The molecule has 4 unspecified atom stereocenters. The van der Waals surface area contributed by atoms with Gasteiger partial charge in [0.05, 0.1) is 11.1 Å². The van der Waals surface area contributed by atoms with Gasteiger partial charge in [-0.05, 0) is 62.1 Å². The molecule has 0 aliphatic heterocycles. The number of nitrogens with two attached hydrogens (primary N) is 1. The van der Waals surface area contributed by atoms with E-state index in [0.29, 0.717) is 22.4 Å². The lowest BCUT2D eigenvalue weighted by atomic mass is 9.80. The lowest BCUT2D eigenvalue weighted by molar-refractivity contribution is 0.0997. The normalized spacial score (nSPS) is 27.4. The van der Waals surface area contributed by atoms with Gasteiger partial charge in [0, 0.05) is 11.1 Å². The Morgan fingerprint density at radius 2 is 1.95 bits per heavy atom. The van der Waals surface area contributed by atoms with Gasteiger partial charge in [-0.2, -0.15) is 0 Å². The van der Waals surface area contributed by atoms with Crippen LogP contribution in [0, 0.1) is 11.8 Å². The molecule has 1 aliphatic carbocycles. The fourth-order valence-corrected chi connectivity index (χ4v) is 3.60. The second-order valence-electron chi connectivity index (χ2n) is 6.56. The van der Waals surface area contributed by atoms with Gasteiger partial charge in [0.15, 0.2) is 0 Å². The van der Waals surface area contributed by atoms with E-state index in [2.05, 4.69) is 13.8 Å². The molecule has 1 saturated carbocycles. The predicted octanol–water partition coefficient (Wildman–Crippen LogP) is 5.09. The molecule has 4 heteroatoms. The molecule has 2 nitrogen and oxygen atoms in total.